The third-order valence-electron chi connectivity index (χ3n) is 4.51. The van der Waals surface area contributed by atoms with Crippen LogP contribution in [0.1, 0.15) is 15.9 Å². The summed E-state index contributed by atoms with van der Waals surface area (Å²) in [5.74, 6) is -0.255. The molecule has 6 N–H and O–H groups in total. The number of hydrogen-bond donors (Lipinski definition) is 6. The number of sulfone groups is 3. The van der Waals surface area contributed by atoms with E-state index in [0.29, 0.717) is 6.29 Å². The van der Waals surface area contributed by atoms with Gasteiger partial charge in [0.25, 0.3) is 0 Å². The molecule has 0 aliphatic heterocycles. The molecule has 0 unspecified atom stereocenters. The first-order valence-corrected chi connectivity index (χ1v) is 16.3. The van der Waals surface area contributed by atoms with E-state index in [1.165, 1.54) is 54.6 Å². The van der Waals surface area contributed by atoms with E-state index in [9.17, 15) is 30.0 Å². The van der Waals surface area contributed by atoms with Crippen molar-refractivity contribution in [1.82, 2.24) is 0 Å². The van der Waals surface area contributed by atoms with Crippen LogP contribution in [0, 0.1) is 5.53 Å². The normalized spacial score (nSPS) is 10.5. The average Bonchev–Trinajstić information content (AvgIpc) is 2.88. The van der Waals surface area contributed by atoms with Crippen molar-refractivity contribution in [3.05, 3.63) is 77.4 Å². The zero-order valence-corrected chi connectivity index (χ0v) is 27.2. The van der Waals surface area contributed by atoms with E-state index in [0.717, 1.165) is 24.8 Å². The maximum Gasteiger partial charge on any atom is 1.00 e. The first kappa shape index (κ1) is 41.0. The third kappa shape index (κ3) is 15.2. The minimum absolute atomic E-state index is 0. The summed E-state index contributed by atoms with van der Waals surface area (Å²) in [5, 5.41) is 45.1. The van der Waals surface area contributed by atoms with Crippen LogP contribution in [0.2, 0.25) is 0 Å². The molecule has 0 aromatic heterocycles. The SMILES string of the molecule is CS(=O)(=O)c1ccc(O)c(C=O)c1.CS(=O)(=O)c1ccc(O)c(CO)c1.CS(=O)(=O)c1ccc(O)cc1.N=N[N-]O.[Na+]. The molecule has 0 radical (unpaired) electrons. The number of hydrogen-bond acceptors (Lipinski definition) is 14. The van der Waals surface area contributed by atoms with Crippen LogP contribution < -0.4 is 29.6 Å². The topological polar surface area (TPSA) is 271 Å². The smallest absolute Gasteiger partial charge is 0.508 e. The molecular weight excluding hydrogens is 629 g/mol. The second kappa shape index (κ2) is 18.4. The molecule has 3 aromatic carbocycles. The largest absolute Gasteiger partial charge is 1.00 e. The third-order valence-corrected chi connectivity index (χ3v) is 7.86. The zero-order valence-electron chi connectivity index (χ0n) is 22.8. The minimum atomic E-state index is -3.32. The number of aldehydes is 1. The van der Waals surface area contributed by atoms with E-state index in [2.05, 4.69) is 5.22 Å². The van der Waals surface area contributed by atoms with Crippen LogP contribution in [0.5, 0.6) is 17.2 Å². The number of phenolic OH excluding ortho intramolecular Hbond substituents is 2. The number of rotatable bonds is 6. The van der Waals surface area contributed by atoms with Crippen LogP contribution in [0.25, 0.3) is 5.59 Å². The molecule has 0 amide bonds. The summed E-state index contributed by atoms with van der Waals surface area (Å²) in [7, 11) is -9.73. The van der Waals surface area contributed by atoms with E-state index < -0.39 is 29.5 Å². The maximum atomic E-state index is 11.0. The molecule has 19 heteroatoms. The molecule has 0 saturated carbocycles. The number of nitrogens with one attached hydrogen (secondary N) is 1. The molecule has 226 valence electrons. The maximum absolute atomic E-state index is 11.0. The van der Waals surface area contributed by atoms with Gasteiger partial charge in [-0.1, -0.05) is 0 Å². The van der Waals surface area contributed by atoms with Gasteiger partial charge in [-0.2, -0.15) is 0 Å². The predicted octanol–water partition coefficient (Wildman–Crippen LogP) is -0.609. The molecule has 0 spiro atoms. The van der Waals surface area contributed by atoms with Crippen molar-refractivity contribution in [3.63, 3.8) is 0 Å². The van der Waals surface area contributed by atoms with Crippen molar-refractivity contribution in [2.75, 3.05) is 18.8 Å². The quantitative estimate of drug-likeness (QED) is 0.0839. The van der Waals surface area contributed by atoms with Crippen molar-refractivity contribution >= 4 is 35.8 Å². The van der Waals surface area contributed by atoms with Crippen LogP contribution in [0.3, 0.4) is 0 Å². The standard InChI is InChI=1S/C8H10O4S.C8H8O4S.C7H8O3S.H2N3O.Na/c2*1-13(11,12)7-2-3-8(10)6(4-7)5-9;1-11(9,10)7-4-2-6(8)3-5-7;1-2-3-4;/h2-4,9-10H,5H2,1H3;2-5,10H,1H3;2-5,8H,1H3;(H2-,1,2,3,4);/q;;;-1;+1. The van der Waals surface area contributed by atoms with E-state index in [1.54, 1.807) is 0 Å². The summed E-state index contributed by atoms with van der Waals surface area (Å²) in [6, 6.07) is 12.8. The molecule has 0 bridgehead atoms. The fraction of sp³-hybridized carbons (Fsp3) is 0.174. The molecule has 3 rings (SSSR count). The van der Waals surface area contributed by atoms with Crippen molar-refractivity contribution in [1.29, 1.82) is 5.53 Å². The van der Waals surface area contributed by atoms with Crippen molar-refractivity contribution < 1.29 is 85.2 Å². The van der Waals surface area contributed by atoms with Gasteiger partial charge in [0.2, 0.25) is 0 Å². The fourth-order valence-corrected chi connectivity index (χ4v) is 4.43. The van der Waals surface area contributed by atoms with Gasteiger partial charge in [0.15, 0.2) is 35.8 Å². The first-order chi connectivity index (χ1) is 18.8. The summed E-state index contributed by atoms with van der Waals surface area (Å²) in [5.41, 5.74) is 7.87. The number of aromatic hydroxyl groups is 3. The first-order valence-electron chi connectivity index (χ1n) is 10.6. The Morgan fingerprint density at radius 2 is 1.12 bits per heavy atom. The number of aliphatic hydroxyl groups excluding tert-OH is 1. The molecule has 3 aromatic rings. The fourth-order valence-electron chi connectivity index (χ4n) is 2.47. The molecule has 15 nitrogen and oxygen atoms in total. The molecular formula is C23H28N3NaO12S3. The Balaban J connectivity index is 0. The number of carbonyl (C=O) groups excluding carboxylic acids is 1. The number of phenols is 3. The summed E-state index contributed by atoms with van der Waals surface area (Å²) in [6.45, 7) is -0.380. The zero-order chi connectivity index (χ0) is 32.0. The van der Waals surface area contributed by atoms with E-state index >= 15 is 0 Å². The Morgan fingerprint density at radius 1 is 0.738 bits per heavy atom. The Hall–Kier alpha value is -3.10. The predicted molar refractivity (Wildman–Crippen MR) is 145 cm³/mol. The summed E-state index contributed by atoms with van der Waals surface area (Å²) >= 11 is 0. The van der Waals surface area contributed by atoms with Crippen LogP contribution in [-0.4, -0.2) is 75.9 Å². The van der Waals surface area contributed by atoms with Gasteiger partial charge in [0, 0.05) is 24.3 Å². The van der Waals surface area contributed by atoms with Crippen LogP contribution >= 0.6 is 0 Å². The van der Waals surface area contributed by atoms with Gasteiger partial charge >= 0.3 is 29.6 Å². The van der Waals surface area contributed by atoms with Gasteiger partial charge < -0.3 is 31.2 Å². The van der Waals surface area contributed by atoms with Gasteiger partial charge in [0.05, 0.1) is 26.9 Å². The Bertz CT molecular complexity index is 1650. The van der Waals surface area contributed by atoms with Crippen molar-refractivity contribution in [2.24, 2.45) is 5.22 Å². The average molecular weight is 658 g/mol. The molecule has 0 saturated heterocycles. The molecule has 0 heterocycles. The van der Waals surface area contributed by atoms with Gasteiger partial charge in [-0.05, 0) is 60.7 Å². The molecule has 0 atom stereocenters. The van der Waals surface area contributed by atoms with Crippen LogP contribution in [-0.2, 0) is 36.1 Å². The van der Waals surface area contributed by atoms with Gasteiger partial charge in [0.1, 0.15) is 17.2 Å². The number of carbonyl (C=O) groups is 1. The number of benzene rings is 3. The Kier molecular flexibility index (Phi) is 18.0. The minimum Gasteiger partial charge on any atom is -0.508 e. The second-order valence-corrected chi connectivity index (χ2v) is 13.8. The monoisotopic (exact) mass is 657 g/mol. The van der Waals surface area contributed by atoms with Gasteiger partial charge in [-0.15, -0.1) is 0 Å². The van der Waals surface area contributed by atoms with Crippen LogP contribution in [0.15, 0.2) is 80.6 Å². The Labute approximate surface area is 265 Å². The van der Waals surface area contributed by atoms with E-state index in [1.807, 2.05) is 5.59 Å². The van der Waals surface area contributed by atoms with Crippen LogP contribution in [0.4, 0.5) is 0 Å². The van der Waals surface area contributed by atoms with Gasteiger partial charge in [-0.25, -0.2) is 25.3 Å². The second-order valence-electron chi connectivity index (χ2n) is 7.79. The van der Waals surface area contributed by atoms with Crippen molar-refractivity contribution in [3.8, 4) is 17.2 Å². The summed E-state index contributed by atoms with van der Waals surface area (Å²) in [4.78, 5) is 10.7. The van der Waals surface area contributed by atoms with Crippen molar-refractivity contribution in [2.45, 2.75) is 21.3 Å². The molecule has 0 aliphatic carbocycles. The van der Waals surface area contributed by atoms with E-state index in [4.69, 9.17) is 31.2 Å². The Morgan fingerprint density at radius 3 is 1.48 bits per heavy atom. The molecule has 0 aliphatic rings. The number of nitrogens with zero attached hydrogens (tertiary/aromatic N) is 2. The summed E-state index contributed by atoms with van der Waals surface area (Å²) < 4.78 is 65.9. The van der Waals surface area contributed by atoms with E-state index in [-0.39, 0.29) is 79.2 Å². The molecule has 42 heavy (non-hydrogen) atoms. The molecule has 0 fully saturated rings. The van der Waals surface area contributed by atoms with Gasteiger partial charge in [-0.3, -0.25) is 15.6 Å². The summed E-state index contributed by atoms with van der Waals surface area (Å²) in [6.07, 6.45) is 3.64. The number of aliphatic hydroxyl groups is 1.